The largest absolute Gasteiger partial charge is 0.282 e. The second-order valence-corrected chi connectivity index (χ2v) is 3.14. The van der Waals surface area contributed by atoms with Crippen molar-refractivity contribution in [1.29, 1.82) is 0 Å². The molecule has 3 aromatic heterocycles. The van der Waals surface area contributed by atoms with Crippen LogP contribution in [0.1, 0.15) is 0 Å². The first-order valence-corrected chi connectivity index (χ1v) is 4.64. The van der Waals surface area contributed by atoms with Crippen LogP contribution < -0.4 is 0 Å². The van der Waals surface area contributed by atoms with Crippen molar-refractivity contribution < 1.29 is 0 Å². The number of nitrogens with zero attached hydrogens (tertiary/aromatic N) is 4. The molecule has 4 nitrogen and oxygen atoms in total. The van der Waals surface area contributed by atoms with Gasteiger partial charge in [0.2, 0.25) is 5.78 Å². The summed E-state index contributed by atoms with van der Waals surface area (Å²) >= 11 is 0. The molecule has 72 valence electrons. The van der Waals surface area contributed by atoms with Crippen molar-refractivity contribution in [3.8, 4) is 11.4 Å². The maximum atomic E-state index is 4.30. The van der Waals surface area contributed by atoms with Gasteiger partial charge in [0.1, 0.15) is 0 Å². The van der Waals surface area contributed by atoms with E-state index in [1.54, 1.807) is 18.6 Å². The summed E-state index contributed by atoms with van der Waals surface area (Å²) in [6, 6.07) is 7.76. The van der Waals surface area contributed by atoms with Crippen LogP contribution in [0.4, 0.5) is 0 Å². The van der Waals surface area contributed by atoms with Crippen molar-refractivity contribution in [2.75, 3.05) is 0 Å². The average molecular weight is 196 g/mol. The molecule has 0 aliphatic heterocycles. The van der Waals surface area contributed by atoms with Crippen LogP contribution >= 0.6 is 0 Å². The zero-order valence-electron chi connectivity index (χ0n) is 7.91. The highest BCUT2D eigenvalue weighted by Gasteiger charge is 2.03. The van der Waals surface area contributed by atoms with Gasteiger partial charge in [-0.05, 0) is 18.2 Å². The highest BCUT2D eigenvalue weighted by Crippen LogP contribution is 2.15. The molecule has 3 heterocycles. The minimum Gasteiger partial charge on any atom is -0.282 e. The summed E-state index contributed by atoms with van der Waals surface area (Å²) in [5, 5.41) is 0. The Labute approximate surface area is 86.3 Å². The second-order valence-electron chi connectivity index (χ2n) is 3.14. The van der Waals surface area contributed by atoms with E-state index in [4.69, 9.17) is 0 Å². The van der Waals surface area contributed by atoms with E-state index in [1.807, 2.05) is 34.9 Å². The zero-order chi connectivity index (χ0) is 10.1. The van der Waals surface area contributed by atoms with E-state index >= 15 is 0 Å². The Morgan fingerprint density at radius 3 is 2.67 bits per heavy atom. The molecule has 3 aromatic rings. The Morgan fingerprint density at radius 2 is 1.80 bits per heavy atom. The molecule has 0 atom stereocenters. The Morgan fingerprint density at radius 1 is 0.867 bits per heavy atom. The summed E-state index contributed by atoms with van der Waals surface area (Å²) in [6.07, 6.45) is 7.13. The van der Waals surface area contributed by atoms with Crippen LogP contribution in [0.25, 0.3) is 17.2 Å². The number of imidazole rings is 1. The highest BCUT2D eigenvalue weighted by atomic mass is 15.1. The van der Waals surface area contributed by atoms with Crippen LogP contribution in [0.2, 0.25) is 0 Å². The van der Waals surface area contributed by atoms with Crippen molar-refractivity contribution in [1.82, 2.24) is 19.4 Å². The fourth-order valence-electron chi connectivity index (χ4n) is 1.56. The maximum absolute atomic E-state index is 4.30. The first kappa shape index (κ1) is 8.11. The number of rotatable bonds is 1. The van der Waals surface area contributed by atoms with Crippen LogP contribution in [0, 0.1) is 0 Å². The molecule has 0 fully saturated rings. The van der Waals surface area contributed by atoms with Crippen LogP contribution in [0.15, 0.2) is 49.1 Å². The van der Waals surface area contributed by atoms with Crippen molar-refractivity contribution in [3.63, 3.8) is 0 Å². The quantitative estimate of drug-likeness (QED) is 0.596. The lowest BCUT2D eigenvalue weighted by molar-refractivity contribution is 1.10. The molecule has 0 saturated heterocycles. The Bertz CT molecular complexity index is 586. The van der Waals surface area contributed by atoms with Gasteiger partial charge in [-0.1, -0.05) is 6.07 Å². The topological polar surface area (TPSA) is 43.1 Å². The van der Waals surface area contributed by atoms with Crippen LogP contribution in [-0.4, -0.2) is 19.4 Å². The molecule has 4 heteroatoms. The molecule has 0 N–H and O–H groups in total. The van der Waals surface area contributed by atoms with Gasteiger partial charge in [0.25, 0.3) is 0 Å². The van der Waals surface area contributed by atoms with Gasteiger partial charge in [0, 0.05) is 24.8 Å². The van der Waals surface area contributed by atoms with E-state index in [-0.39, 0.29) is 0 Å². The zero-order valence-corrected chi connectivity index (χ0v) is 7.91. The lowest BCUT2D eigenvalue weighted by Gasteiger charge is -2.02. The van der Waals surface area contributed by atoms with Gasteiger partial charge in [-0.25, -0.2) is 9.97 Å². The molecule has 0 radical (unpaired) electrons. The van der Waals surface area contributed by atoms with Crippen molar-refractivity contribution in [2.45, 2.75) is 0 Å². The smallest absolute Gasteiger partial charge is 0.234 e. The SMILES string of the molecule is c1ccc(-c2ccnc3nccn23)nc1. The van der Waals surface area contributed by atoms with E-state index < -0.39 is 0 Å². The van der Waals surface area contributed by atoms with Crippen molar-refractivity contribution in [2.24, 2.45) is 0 Å². The number of fused-ring (bicyclic) bond motifs is 1. The van der Waals surface area contributed by atoms with Crippen LogP contribution in [0.3, 0.4) is 0 Å². The molecule has 0 aromatic carbocycles. The predicted molar refractivity (Wildman–Crippen MR) is 56.2 cm³/mol. The van der Waals surface area contributed by atoms with Crippen LogP contribution in [0.5, 0.6) is 0 Å². The number of hydrogen-bond acceptors (Lipinski definition) is 3. The maximum Gasteiger partial charge on any atom is 0.234 e. The molecular formula is C11H8N4. The summed E-state index contributed by atoms with van der Waals surface area (Å²) in [4.78, 5) is 12.6. The predicted octanol–water partition coefficient (Wildman–Crippen LogP) is 1.79. The minimum atomic E-state index is 0.693. The molecule has 0 bridgehead atoms. The molecule has 0 spiro atoms. The highest BCUT2D eigenvalue weighted by molar-refractivity contribution is 5.57. The summed E-state index contributed by atoms with van der Waals surface area (Å²) in [7, 11) is 0. The molecule has 0 unspecified atom stereocenters. The third-order valence-corrected chi connectivity index (χ3v) is 2.23. The van der Waals surface area contributed by atoms with Gasteiger partial charge in [-0.3, -0.25) is 9.38 Å². The van der Waals surface area contributed by atoms with Gasteiger partial charge in [-0.15, -0.1) is 0 Å². The average Bonchev–Trinajstić information content (AvgIpc) is 2.78. The van der Waals surface area contributed by atoms with E-state index in [2.05, 4.69) is 15.0 Å². The van der Waals surface area contributed by atoms with Gasteiger partial charge in [-0.2, -0.15) is 0 Å². The van der Waals surface area contributed by atoms with E-state index in [0.717, 1.165) is 11.4 Å². The van der Waals surface area contributed by atoms with Crippen molar-refractivity contribution in [3.05, 3.63) is 49.1 Å². The first-order chi connectivity index (χ1) is 7.45. The van der Waals surface area contributed by atoms with Gasteiger partial charge in [0.05, 0.1) is 11.4 Å². The van der Waals surface area contributed by atoms with E-state index in [9.17, 15) is 0 Å². The molecule has 15 heavy (non-hydrogen) atoms. The minimum absolute atomic E-state index is 0.693. The number of hydrogen-bond donors (Lipinski definition) is 0. The summed E-state index contributed by atoms with van der Waals surface area (Å²) in [6.45, 7) is 0. The lowest BCUT2D eigenvalue weighted by Crippen LogP contribution is -1.94. The molecule has 0 saturated carbocycles. The van der Waals surface area contributed by atoms with E-state index in [1.165, 1.54) is 0 Å². The molecule has 3 rings (SSSR count). The number of aromatic nitrogens is 4. The van der Waals surface area contributed by atoms with Crippen molar-refractivity contribution >= 4 is 5.78 Å². The Hall–Kier alpha value is -2.23. The van der Waals surface area contributed by atoms with Gasteiger partial charge in [0.15, 0.2) is 0 Å². The summed E-state index contributed by atoms with van der Waals surface area (Å²) < 4.78 is 1.92. The first-order valence-electron chi connectivity index (χ1n) is 4.64. The molecular weight excluding hydrogens is 188 g/mol. The number of pyridine rings is 1. The fourth-order valence-corrected chi connectivity index (χ4v) is 1.56. The van der Waals surface area contributed by atoms with E-state index in [0.29, 0.717) is 5.78 Å². The van der Waals surface area contributed by atoms with Crippen LogP contribution in [-0.2, 0) is 0 Å². The molecule has 0 aliphatic rings. The van der Waals surface area contributed by atoms with Gasteiger partial charge >= 0.3 is 0 Å². The lowest BCUT2D eigenvalue weighted by atomic mass is 10.2. The fraction of sp³-hybridized carbons (Fsp3) is 0. The molecule has 0 amide bonds. The molecule has 0 aliphatic carbocycles. The third kappa shape index (κ3) is 1.27. The standard InChI is InChI=1S/C11H8N4/c1-2-5-12-9(3-1)10-4-6-13-11-14-7-8-15(10)11/h1-8H. The Kier molecular flexibility index (Phi) is 1.71. The summed E-state index contributed by atoms with van der Waals surface area (Å²) in [5.74, 6) is 0.693. The summed E-state index contributed by atoms with van der Waals surface area (Å²) in [5.41, 5.74) is 1.92. The monoisotopic (exact) mass is 196 g/mol. The normalized spacial score (nSPS) is 10.7. The van der Waals surface area contributed by atoms with Gasteiger partial charge < -0.3 is 0 Å². The third-order valence-electron chi connectivity index (χ3n) is 2.23. The second kappa shape index (κ2) is 3.16. The Balaban J connectivity index is 2.31.